The molecule has 0 saturated carbocycles. The van der Waals surface area contributed by atoms with Gasteiger partial charge in [0.15, 0.2) is 0 Å². The van der Waals surface area contributed by atoms with Gasteiger partial charge in [0.05, 0.1) is 5.69 Å². The fourth-order valence-electron chi connectivity index (χ4n) is 2.99. The molecular formula is C19H25FN4. The largest absolute Gasteiger partial charge is 0.367 e. The lowest BCUT2D eigenvalue weighted by Crippen LogP contribution is -2.44. The van der Waals surface area contributed by atoms with Gasteiger partial charge in [-0.25, -0.2) is 4.39 Å². The molecule has 1 saturated heterocycles. The number of halogens is 1. The number of hydrogen-bond donors (Lipinski definition) is 1. The van der Waals surface area contributed by atoms with Gasteiger partial charge in [0, 0.05) is 51.2 Å². The summed E-state index contributed by atoms with van der Waals surface area (Å²) in [6.07, 6.45) is 3.61. The van der Waals surface area contributed by atoms with Crippen molar-refractivity contribution in [3.05, 3.63) is 59.7 Å². The number of nitrogens with zero attached hydrogens (tertiary/aromatic N) is 3. The van der Waals surface area contributed by atoms with E-state index in [4.69, 9.17) is 0 Å². The molecule has 0 bridgehead atoms. The van der Waals surface area contributed by atoms with Crippen LogP contribution in [-0.2, 0) is 6.54 Å². The standard InChI is InChI=1S/C19H25FN4/c1-15(22-14-16-4-3-7-21-13-16)17-5-6-19(18(20)12-17)24-10-8-23(2)9-11-24/h3-7,12-13,15,22H,8-11,14H2,1-2H3. The van der Waals surface area contributed by atoms with E-state index in [0.717, 1.165) is 43.9 Å². The molecule has 1 N–H and O–H groups in total. The monoisotopic (exact) mass is 328 g/mol. The molecule has 5 heteroatoms. The van der Waals surface area contributed by atoms with Crippen molar-refractivity contribution in [2.75, 3.05) is 38.1 Å². The summed E-state index contributed by atoms with van der Waals surface area (Å²) in [4.78, 5) is 8.51. The molecule has 1 aliphatic heterocycles. The number of likely N-dealkylation sites (N-methyl/N-ethyl adjacent to an activating group) is 1. The van der Waals surface area contributed by atoms with Gasteiger partial charge in [-0.15, -0.1) is 0 Å². The van der Waals surface area contributed by atoms with E-state index < -0.39 is 0 Å². The van der Waals surface area contributed by atoms with Crippen molar-refractivity contribution in [2.24, 2.45) is 0 Å². The van der Waals surface area contributed by atoms with Gasteiger partial charge >= 0.3 is 0 Å². The summed E-state index contributed by atoms with van der Waals surface area (Å²) in [6, 6.07) is 9.64. The second-order valence-corrected chi connectivity index (χ2v) is 6.47. The third-order valence-corrected chi connectivity index (χ3v) is 4.65. The molecular weight excluding hydrogens is 303 g/mol. The molecule has 1 aliphatic rings. The smallest absolute Gasteiger partial charge is 0.146 e. The minimum absolute atomic E-state index is 0.0845. The number of piperazine rings is 1. The third kappa shape index (κ3) is 4.10. The first-order valence-corrected chi connectivity index (χ1v) is 8.48. The topological polar surface area (TPSA) is 31.4 Å². The lowest BCUT2D eigenvalue weighted by molar-refractivity contribution is 0.311. The molecule has 1 atom stereocenters. The van der Waals surface area contributed by atoms with Crippen molar-refractivity contribution in [1.29, 1.82) is 0 Å². The van der Waals surface area contributed by atoms with Crippen LogP contribution >= 0.6 is 0 Å². The Kier molecular flexibility index (Phi) is 5.43. The van der Waals surface area contributed by atoms with Gasteiger partial charge < -0.3 is 15.1 Å². The first-order chi connectivity index (χ1) is 11.6. The molecule has 2 aromatic rings. The number of anilines is 1. The van der Waals surface area contributed by atoms with Gasteiger partial charge in [-0.05, 0) is 43.3 Å². The Morgan fingerprint density at radius 3 is 2.67 bits per heavy atom. The van der Waals surface area contributed by atoms with Crippen LogP contribution < -0.4 is 10.2 Å². The average molecular weight is 328 g/mol. The van der Waals surface area contributed by atoms with E-state index in [0.29, 0.717) is 5.69 Å². The Balaban J connectivity index is 1.63. The maximum Gasteiger partial charge on any atom is 0.146 e. The fourth-order valence-corrected chi connectivity index (χ4v) is 2.99. The Morgan fingerprint density at radius 2 is 2.00 bits per heavy atom. The zero-order chi connectivity index (χ0) is 16.9. The van der Waals surface area contributed by atoms with Gasteiger partial charge in [-0.3, -0.25) is 4.98 Å². The van der Waals surface area contributed by atoms with Crippen molar-refractivity contribution in [3.63, 3.8) is 0 Å². The molecule has 3 rings (SSSR count). The van der Waals surface area contributed by atoms with Crippen molar-refractivity contribution in [1.82, 2.24) is 15.2 Å². The average Bonchev–Trinajstić information content (AvgIpc) is 2.61. The first-order valence-electron chi connectivity index (χ1n) is 8.48. The quantitative estimate of drug-likeness (QED) is 0.914. The van der Waals surface area contributed by atoms with Crippen LogP contribution in [0.4, 0.5) is 10.1 Å². The molecule has 24 heavy (non-hydrogen) atoms. The molecule has 1 aromatic heterocycles. The Bertz CT molecular complexity index is 654. The van der Waals surface area contributed by atoms with Crippen LogP contribution in [0.3, 0.4) is 0 Å². The first kappa shape index (κ1) is 16.9. The van der Waals surface area contributed by atoms with E-state index in [1.165, 1.54) is 0 Å². The van der Waals surface area contributed by atoms with E-state index >= 15 is 0 Å². The number of rotatable bonds is 5. The van der Waals surface area contributed by atoms with Gasteiger partial charge in [0.1, 0.15) is 5.82 Å². The third-order valence-electron chi connectivity index (χ3n) is 4.65. The van der Waals surface area contributed by atoms with Crippen LogP contribution in [0.5, 0.6) is 0 Å². The normalized spacial score (nSPS) is 17.0. The Hall–Kier alpha value is -1.98. The SMILES string of the molecule is CC(NCc1cccnc1)c1ccc(N2CCN(C)CC2)c(F)c1. The van der Waals surface area contributed by atoms with Gasteiger partial charge in [0.25, 0.3) is 0 Å². The second kappa shape index (κ2) is 7.73. The second-order valence-electron chi connectivity index (χ2n) is 6.47. The molecule has 0 spiro atoms. The van der Waals surface area contributed by atoms with E-state index in [9.17, 15) is 4.39 Å². The van der Waals surface area contributed by atoms with E-state index in [1.54, 1.807) is 12.3 Å². The summed E-state index contributed by atoms with van der Waals surface area (Å²) in [7, 11) is 2.10. The van der Waals surface area contributed by atoms with Crippen LogP contribution in [0.15, 0.2) is 42.7 Å². The zero-order valence-electron chi connectivity index (χ0n) is 14.4. The molecule has 0 radical (unpaired) electrons. The maximum atomic E-state index is 14.6. The summed E-state index contributed by atoms with van der Waals surface area (Å²) >= 11 is 0. The van der Waals surface area contributed by atoms with Crippen LogP contribution in [0, 0.1) is 5.82 Å². The molecule has 0 aliphatic carbocycles. The molecule has 1 fully saturated rings. The molecule has 2 heterocycles. The van der Waals surface area contributed by atoms with Crippen molar-refractivity contribution < 1.29 is 4.39 Å². The lowest BCUT2D eigenvalue weighted by Gasteiger charge is -2.34. The Labute approximate surface area is 143 Å². The van der Waals surface area contributed by atoms with Crippen molar-refractivity contribution in [3.8, 4) is 0 Å². The number of hydrogen-bond acceptors (Lipinski definition) is 4. The highest BCUT2D eigenvalue weighted by Crippen LogP contribution is 2.24. The van der Waals surface area contributed by atoms with Gasteiger partial charge in [-0.1, -0.05) is 12.1 Å². The summed E-state index contributed by atoms with van der Waals surface area (Å²) < 4.78 is 14.6. The molecule has 1 unspecified atom stereocenters. The molecule has 1 aromatic carbocycles. The minimum atomic E-state index is -0.132. The van der Waals surface area contributed by atoms with Crippen LogP contribution in [0.25, 0.3) is 0 Å². The summed E-state index contributed by atoms with van der Waals surface area (Å²) in [5.41, 5.74) is 2.81. The highest BCUT2D eigenvalue weighted by Gasteiger charge is 2.18. The predicted molar refractivity (Wildman–Crippen MR) is 95.6 cm³/mol. The zero-order valence-corrected chi connectivity index (χ0v) is 14.4. The fraction of sp³-hybridized carbons (Fsp3) is 0.421. The summed E-state index contributed by atoms with van der Waals surface area (Å²) in [6.45, 7) is 6.48. The van der Waals surface area contributed by atoms with E-state index in [2.05, 4.69) is 34.1 Å². The molecule has 0 amide bonds. The number of aromatic nitrogens is 1. The highest BCUT2D eigenvalue weighted by molar-refractivity contribution is 5.50. The van der Waals surface area contributed by atoms with Crippen LogP contribution in [0.2, 0.25) is 0 Å². The number of nitrogens with one attached hydrogen (secondary N) is 1. The van der Waals surface area contributed by atoms with Crippen LogP contribution in [0.1, 0.15) is 24.1 Å². The van der Waals surface area contributed by atoms with Gasteiger partial charge in [-0.2, -0.15) is 0 Å². The minimum Gasteiger partial charge on any atom is -0.367 e. The number of benzene rings is 1. The predicted octanol–water partition coefficient (Wildman–Crippen LogP) is 2.82. The van der Waals surface area contributed by atoms with Crippen molar-refractivity contribution in [2.45, 2.75) is 19.5 Å². The molecule has 4 nitrogen and oxygen atoms in total. The Morgan fingerprint density at radius 1 is 1.21 bits per heavy atom. The summed E-state index contributed by atoms with van der Waals surface area (Å²) in [5.74, 6) is -0.132. The lowest BCUT2D eigenvalue weighted by atomic mass is 10.1. The van der Waals surface area contributed by atoms with Crippen LogP contribution in [-0.4, -0.2) is 43.1 Å². The highest BCUT2D eigenvalue weighted by atomic mass is 19.1. The van der Waals surface area contributed by atoms with E-state index in [1.807, 2.05) is 30.5 Å². The van der Waals surface area contributed by atoms with Gasteiger partial charge in [0.2, 0.25) is 0 Å². The maximum absolute atomic E-state index is 14.6. The summed E-state index contributed by atoms with van der Waals surface area (Å²) in [5, 5.41) is 3.42. The van der Waals surface area contributed by atoms with Crippen molar-refractivity contribution >= 4 is 5.69 Å². The van der Waals surface area contributed by atoms with E-state index in [-0.39, 0.29) is 11.9 Å². The molecule has 128 valence electrons. The number of pyridine rings is 1.